The second-order valence-corrected chi connectivity index (χ2v) is 4.83. The average Bonchev–Trinajstić information content (AvgIpc) is 2.52. The fraction of sp³-hybridized carbons (Fsp3) is 0.571. The zero-order valence-corrected chi connectivity index (χ0v) is 8.90. The third-order valence-electron chi connectivity index (χ3n) is 1.87. The number of aliphatic hydroxyl groups excluding tert-OH is 1. The molecule has 80 valence electrons. The fourth-order valence-corrected chi connectivity index (χ4v) is 2.29. The fourth-order valence-electron chi connectivity index (χ4n) is 1.04. The lowest BCUT2D eigenvalue weighted by molar-refractivity contribution is 0.266. The van der Waals surface area contributed by atoms with Gasteiger partial charge in [0.25, 0.3) is 10.0 Å². The summed E-state index contributed by atoms with van der Waals surface area (Å²) in [6.45, 7) is -0.124. The molecule has 0 fully saturated rings. The van der Waals surface area contributed by atoms with Crippen LogP contribution in [0.25, 0.3) is 0 Å². The van der Waals surface area contributed by atoms with E-state index in [1.165, 1.54) is 24.0 Å². The van der Waals surface area contributed by atoms with Gasteiger partial charge in [-0.2, -0.15) is 9.40 Å². The first-order valence-corrected chi connectivity index (χ1v) is 5.49. The molecule has 0 aliphatic heterocycles. The van der Waals surface area contributed by atoms with Crippen LogP contribution < -0.4 is 0 Å². The van der Waals surface area contributed by atoms with E-state index >= 15 is 0 Å². The van der Waals surface area contributed by atoms with Crippen LogP contribution in [0.5, 0.6) is 0 Å². The Balaban J connectivity index is 3.03. The lowest BCUT2D eigenvalue weighted by Gasteiger charge is -2.15. The molecular weight excluding hydrogens is 206 g/mol. The van der Waals surface area contributed by atoms with E-state index in [1.807, 2.05) is 0 Å². The third kappa shape index (κ3) is 1.94. The molecule has 6 nitrogen and oxygen atoms in total. The average molecular weight is 219 g/mol. The van der Waals surface area contributed by atoms with Crippen molar-refractivity contribution >= 4 is 10.0 Å². The van der Waals surface area contributed by atoms with Crippen LogP contribution in [0.3, 0.4) is 0 Å². The Bertz CT molecular complexity index is 398. The second kappa shape index (κ2) is 4.07. The molecule has 0 atom stereocenters. The van der Waals surface area contributed by atoms with Crippen LogP contribution in [0.2, 0.25) is 0 Å². The van der Waals surface area contributed by atoms with Crippen molar-refractivity contribution in [3.8, 4) is 0 Å². The molecule has 1 aromatic heterocycles. The van der Waals surface area contributed by atoms with Crippen LogP contribution in [0.1, 0.15) is 0 Å². The number of hydrogen-bond acceptors (Lipinski definition) is 4. The summed E-state index contributed by atoms with van der Waals surface area (Å²) >= 11 is 0. The summed E-state index contributed by atoms with van der Waals surface area (Å²) in [6, 6.07) is 1.42. The molecule has 0 aliphatic rings. The number of rotatable bonds is 4. The number of aromatic nitrogens is 2. The van der Waals surface area contributed by atoms with E-state index < -0.39 is 10.0 Å². The van der Waals surface area contributed by atoms with Crippen LogP contribution in [-0.4, -0.2) is 47.8 Å². The van der Waals surface area contributed by atoms with Gasteiger partial charge in [0.05, 0.1) is 12.8 Å². The van der Waals surface area contributed by atoms with Crippen molar-refractivity contribution in [3.63, 3.8) is 0 Å². The van der Waals surface area contributed by atoms with E-state index in [-0.39, 0.29) is 18.2 Å². The maximum Gasteiger partial charge on any atom is 0.260 e. The summed E-state index contributed by atoms with van der Waals surface area (Å²) in [7, 11) is -0.544. The highest BCUT2D eigenvalue weighted by Gasteiger charge is 2.22. The molecule has 0 saturated carbocycles. The van der Waals surface area contributed by atoms with Gasteiger partial charge in [0.1, 0.15) is 0 Å². The van der Waals surface area contributed by atoms with Crippen LogP contribution in [0.15, 0.2) is 17.3 Å². The van der Waals surface area contributed by atoms with Crippen molar-refractivity contribution in [1.29, 1.82) is 0 Å². The molecule has 1 aromatic rings. The largest absolute Gasteiger partial charge is 0.395 e. The molecule has 1 N–H and O–H groups in total. The molecule has 14 heavy (non-hydrogen) atoms. The highest BCUT2D eigenvalue weighted by atomic mass is 32.2. The molecule has 0 bridgehead atoms. The van der Waals surface area contributed by atoms with Gasteiger partial charge < -0.3 is 5.11 Å². The molecule has 0 radical (unpaired) electrons. The smallest absolute Gasteiger partial charge is 0.260 e. The van der Waals surface area contributed by atoms with Crippen molar-refractivity contribution in [3.05, 3.63) is 12.3 Å². The van der Waals surface area contributed by atoms with Gasteiger partial charge in [-0.25, -0.2) is 8.42 Å². The Labute approximate surface area is 82.8 Å². The molecule has 0 amide bonds. The van der Waals surface area contributed by atoms with Crippen molar-refractivity contribution in [1.82, 2.24) is 14.1 Å². The minimum Gasteiger partial charge on any atom is -0.395 e. The van der Waals surface area contributed by atoms with Gasteiger partial charge >= 0.3 is 0 Å². The SMILES string of the molecule is CN(CCO)S(=O)(=O)c1ccnn1C. The number of aliphatic hydroxyl groups is 1. The van der Waals surface area contributed by atoms with Crippen LogP contribution >= 0.6 is 0 Å². The Hall–Kier alpha value is -0.920. The highest BCUT2D eigenvalue weighted by molar-refractivity contribution is 7.89. The maximum atomic E-state index is 11.8. The van der Waals surface area contributed by atoms with Crippen LogP contribution in [0.4, 0.5) is 0 Å². The third-order valence-corrected chi connectivity index (χ3v) is 3.80. The summed E-state index contributed by atoms with van der Waals surface area (Å²) < 4.78 is 25.9. The van der Waals surface area contributed by atoms with Gasteiger partial charge in [0.15, 0.2) is 5.03 Å². The van der Waals surface area contributed by atoms with E-state index in [9.17, 15) is 8.42 Å². The summed E-state index contributed by atoms with van der Waals surface area (Å²) in [6.07, 6.45) is 1.42. The van der Waals surface area contributed by atoms with E-state index in [2.05, 4.69) is 5.10 Å². The summed E-state index contributed by atoms with van der Waals surface area (Å²) in [5.41, 5.74) is 0. The number of hydrogen-bond donors (Lipinski definition) is 1. The molecular formula is C7H13N3O3S. The lowest BCUT2D eigenvalue weighted by Crippen LogP contribution is -2.31. The van der Waals surface area contributed by atoms with Gasteiger partial charge in [-0.15, -0.1) is 0 Å². The van der Waals surface area contributed by atoms with Gasteiger partial charge in [-0.05, 0) is 6.07 Å². The second-order valence-electron chi connectivity index (χ2n) is 2.84. The molecule has 7 heteroatoms. The van der Waals surface area contributed by atoms with Crippen LogP contribution in [0, 0.1) is 0 Å². The molecule has 1 rings (SSSR count). The van der Waals surface area contributed by atoms with Gasteiger partial charge in [0, 0.05) is 20.6 Å². The van der Waals surface area contributed by atoms with Gasteiger partial charge in [0.2, 0.25) is 0 Å². The van der Waals surface area contributed by atoms with Crippen molar-refractivity contribution in [2.24, 2.45) is 7.05 Å². The normalized spacial score (nSPS) is 12.3. The zero-order chi connectivity index (χ0) is 10.8. The molecule has 0 saturated heterocycles. The quantitative estimate of drug-likeness (QED) is 0.707. The standard InChI is InChI=1S/C7H13N3O3S/c1-9(5-6-11)14(12,13)7-3-4-8-10(7)2/h3-4,11H,5-6H2,1-2H3. The summed E-state index contributed by atoms with van der Waals surface area (Å²) in [5, 5.41) is 12.5. The topological polar surface area (TPSA) is 75.4 Å². The Morgan fingerprint density at radius 3 is 2.71 bits per heavy atom. The highest BCUT2D eigenvalue weighted by Crippen LogP contribution is 2.11. The number of aryl methyl sites for hydroxylation is 1. The number of likely N-dealkylation sites (N-methyl/N-ethyl adjacent to an activating group) is 1. The van der Waals surface area contributed by atoms with Crippen molar-refractivity contribution in [2.75, 3.05) is 20.2 Å². The summed E-state index contributed by atoms with van der Waals surface area (Å²) in [5.74, 6) is 0. The number of nitrogens with zero attached hydrogens (tertiary/aromatic N) is 3. The first kappa shape index (κ1) is 11.2. The molecule has 0 aliphatic carbocycles. The van der Waals surface area contributed by atoms with E-state index in [4.69, 9.17) is 5.11 Å². The summed E-state index contributed by atoms with van der Waals surface area (Å²) in [4.78, 5) is 0. The molecule has 0 unspecified atom stereocenters. The lowest BCUT2D eigenvalue weighted by atomic mass is 10.7. The maximum absolute atomic E-state index is 11.8. The number of sulfonamides is 1. The minimum atomic E-state index is -3.51. The van der Waals surface area contributed by atoms with Gasteiger partial charge in [-0.3, -0.25) is 4.68 Å². The molecule has 1 heterocycles. The monoisotopic (exact) mass is 219 g/mol. The Morgan fingerprint density at radius 2 is 2.29 bits per heavy atom. The molecule has 0 aromatic carbocycles. The van der Waals surface area contributed by atoms with E-state index in [0.29, 0.717) is 0 Å². The first-order valence-electron chi connectivity index (χ1n) is 4.05. The van der Waals surface area contributed by atoms with Gasteiger partial charge in [-0.1, -0.05) is 0 Å². The predicted octanol–water partition coefficient (Wildman–Crippen LogP) is -0.967. The van der Waals surface area contributed by atoms with E-state index in [1.54, 1.807) is 7.05 Å². The first-order chi connectivity index (χ1) is 6.50. The van der Waals surface area contributed by atoms with E-state index in [0.717, 1.165) is 4.31 Å². The van der Waals surface area contributed by atoms with Crippen LogP contribution in [-0.2, 0) is 17.1 Å². The predicted molar refractivity (Wildman–Crippen MR) is 50.1 cm³/mol. The van der Waals surface area contributed by atoms with Crippen molar-refractivity contribution in [2.45, 2.75) is 5.03 Å². The zero-order valence-electron chi connectivity index (χ0n) is 8.08. The minimum absolute atomic E-state index is 0.0769. The Morgan fingerprint density at radius 1 is 1.64 bits per heavy atom. The van der Waals surface area contributed by atoms with Crippen molar-refractivity contribution < 1.29 is 13.5 Å². The Kier molecular flexibility index (Phi) is 3.25. The molecule has 0 spiro atoms.